The minimum absolute atomic E-state index is 0.728. The zero-order valence-electron chi connectivity index (χ0n) is 12.5. The first kappa shape index (κ1) is 15.1. The number of benzene rings is 2. The second kappa shape index (κ2) is 6.55. The van der Waals surface area contributed by atoms with Gasteiger partial charge in [0.05, 0.1) is 11.4 Å². The van der Waals surface area contributed by atoms with E-state index in [9.17, 15) is 0 Å². The Morgan fingerprint density at radius 3 is 2.18 bits per heavy atom. The van der Waals surface area contributed by atoms with E-state index in [-0.39, 0.29) is 0 Å². The van der Waals surface area contributed by atoms with Crippen molar-refractivity contribution in [1.82, 2.24) is 4.98 Å². The molecule has 0 saturated heterocycles. The number of thioether (sulfide) groups is 1. The van der Waals surface area contributed by atoms with Crippen LogP contribution in [0.2, 0.25) is 5.02 Å². The van der Waals surface area contributed by atoms with Crippen molar-refractivity contribution in [3.63, 3.8) is 0 Å². The van der Waals surface area contributed by atoms with E-state index in [1.807, 2.05) is 24.3 Å². The molecule has 0 fully saturated rings. The monoisotopic (exact) mass is 325 g/mol. The van der Waals surface area contributed by atoms with Gasteiger partial charge in [-0.05, 0) is 37.4 Å². The van der Waals surface area contributed by atoms with Crippen LogP contribution >= 0.6 is 23.4 Å². The van der Waals surface area contributed by atoms with Crippen LogP contribution in [-0.2, 0) is 0 Å². The molecule has 2 aromatic carbocycles. The Labute approximate surface area is 140 Å². The highest BCUT2D eigenvalue weighted by atomic mass is 35.5. The second-order valence-electron chi connectivity index (χ2n) is 5.15. The van der Waals surface area contributed by atoms with Gasteiger partial charge in [0.15, 0.2) is 0 Å². The summed E-state index contributed by atoms with van der Waals surface area (Å²) in [5, 5.41) is 0.728. The predicted octanol–water partition coefficient (Wildman–Crippen LogP) is 6.10. The maximum absolute atomic E-state index is 6.11. The van der Waals surface area contributed by atoms with Gasteiger partial charge in [-0.25, -0.2) is 4.98 Å². The summed E-state index contributed by atoms with van der Waals surface area (Å²) in [5.74, 6) is 0. The van der Waals surface area contributed by atoms with Crippen molar-refractivity contribution in [2.75, 3.05) is 6.26 Å². The normalized spacial score (nSPS) is 10.7. The van der Waals surface area contributed by atoms with E-state index in [1.54, 1.807) is 11.8 Å². The Morgan fingerprint density at radius 1 is 0.864 bits per heavy atom. The van der Waals surface area contributed by atoms with Gasteiger partial charge in [-0.1, -0.05) is 53.6 Å². The van der Waals surface area contributed by atoms with E-state index in [1.165, 1.54) is 10.5 Å². The molecule has 0 bridgehead atoms. The molecule has 0 spiro atoms. The van der Waals surface area contributed by atoms with Gasteiger partial charge in [0.1, 0.15) is 0 Å². The molecular weight excluding hydrogens is 310 g/mol. The van der Waals surface area contributed by atoms with E-state index in [0.717, 1.165) is 27.5 Å². The Bertz CT molecular complexity index is 797. The summed E-state index contributed by atoms with van der Waals surface area (Å²) in [5.41, 5.74) is 5.35. The zero-order chi connectivity index (χ0) is 15.5. The number of hydrogen-bond acceptors (Lipinski definition) is 2. The highest BCUT2D eigenvalue weighted by Gasteiger charge is 2.07. The van der Waals surface area contributed by atoms with Crippen LogP contribution in [0, 0.1) is 6.92 Å². The van der Waals surface area contributed by atoms with Crippen molar-refractivity contribution >= 4 is 23.4 Å². The van der Waals surface area contributed by atoms with Crippen molar-refractivity contribution in [1.29, 1.82) is 0 Å². The topological polar surface area (TPSA) is 12.9 Å². The summed E-state index contributed by atoms with van der Waals surface area (Å²) in [7, 11) is 0. The van der Waals surface area contributed by atoms with Crippen LogP contribution in [0.3, 0.4) is 0 Å². The lowest BCUT2D eigenvalue weighted by Gasteiger charge is -2.09. The molecule has 1 heterocycles. The van der Waals surface area contributed by atoms with Gasteiger partial charge < -0.3 is 0 Å². The molecule has 1 nitrogen and oxygen atoms in total. The SMILES string of the molecule is CSc1cc(-c2ccc(C)cc2)nc(-c2cccc(Cl)c2)c1. The predicted molar refractivity (Wildman–Crippen MR) is 96.6 cm³/mol. The van der Waals surface area contributed by atoms with Crippen molar-refractivity contribution in [2.24, 2.45) is 0 Å². The second-order valence-corrected chi connectivity index (χ2v) is 6.47. The number of rotatable bonds is 3. The number of nitrogens with zero attached hydrogens (tertiary/aromatic N) is 1. The number of halogens is 1. The lowest BCUT2D eigenvalue weighted by Crippen LogP contribution is -1.90. The van der Waals surface area contributed by atoms with Gasteiger partial charge in [0.25, 0.3) is 0 Å². The smallest absolute Gasteiger partial charge is 0.0721 e. The molecule has 110 valence electrons. The molecule has 0 unspecified atom stereocenters. The molecule has 3 rings (SSSR count). The number of pyridine rings is 1. The highest BCUT2D eigenvalue weighted by Crippen LogP contribution is 2.29. The summed E-state index contributed by atoms with van der Waals surface area (Å²) >= 11 is 7.83. The minimum atomic E-state index is 0.728. The third kappa shape index (κ3) is 3.34. The molecule has 0 atom stereocenters. The molecule has 0 amide bonds. The minimum Gasteiger partial charge on any atom is -0.248 e. The van der Waals surface area contributed by atoms with Crippen molar-refractivity contribution < 1.29 is 0 Å². The van der Waals surface area contributed by atoms with Crippen molar-refractivity contribution in [2.45, 2.75) is 11.8 Å². The largest absolute Gasteiger partial charge is 0.248 e. The summed E-state index contributed by atoms with van der Waals surface area (Å²) in [6.45, 7) is 2.09. The molecule has 0 N–H and O–H groups in total. The molecule has 3 aromatic rings. The average Bonchev–Trinajstić information content (AvgIpc) is 2.55. The molecule has 0 aliphatic carbocycles. The lowest BCUT2D eigenvalue weighted by molar-refractivity contribution is 1.26. The fraction of sp³-hybridized carbons (Fsp3) is 0.105. The fourth-order valence-corrected chi connectivity index (χ4v) is 2.94. The summed E-state index contributed by atoms with van der Waals surface area (Å²) in [6.07, 6.45) is 2.08. The third-order valence-corrected chi connectivity index (χ3v) is 4.44. The van der Waals surface area contributed by atoms with E-state index < -0.39 is 0 Å². The third-order valence-electron chi connectivity index (χ3n) is 3.50. The Kier molecular flexibility index (Phi) is 4.51. The standard InChI is InChI=1S/C19H16ClNS/c1-13-6-8-14(9-7-13)18-11-17(22-2)12-19(21-18)15-4-3-5-16(20)10-15/h3-12H,1-2H3. The van der Waals surface area contributed by atoms with Gasteiger partial charge in [-0.15, -0.1) is 11.8 Å². The first-order valence-electron chi connectivity index (χ1n) is 7.05. The Balaban J connectivity index is 2.12. The fourth-order valence-electron chi connectivity index (χ4n) is 2.29. The maximum Gasteiger partial charge on any atom is 0.0721 e. The lowest BCUT2D eigenvalue weighted by atomic mass is 10.1. The van der Waals surface area contributed by atoms with E-state index in [4.69, 9.17) is 16.6 Å². The van der Waals surface area contributed by atoms with E-state index in [2.05, 4.69) is 49.6 Å². The van der Waals surface area contributed by atoms with E-state index in [0.29, 0.717) is 0 Å². The van der Waals surface area contributed by atoms with Crippen LogP contribution in [0.4, 0.5) is 0 Å². The Morgan fingerprint density at radius 2 is 1.55 bits per heavy atom. The highest BCUT2D eigenvalue weighted by molar-refractivity contribution is 7.98. The molecule has 0 radical (unpaired) electrons. The summed E-state index contributed by atoms with van der Waals surface area (Å²) in [4.78, 5) is 6.02. The molecule has 1 aromatic heterocycles. The van der Waals surface area contributed by atoms with Gasteiger partial charge in [0.2, 0.25) is 0 Å². The van der Waals surface area contributed by atoms with Crippen LogP contribution < -0.4 is 0 Å². The molecule has 0 aliphatic heterocycles. The van der Waals surface area contributed by atoms with Crippen LogP contribution in [0.1, 0.15) is 5.56 Å². The van der Waals surface area contributed by atoms with Gasteiger partial charge in [0, 0.05) is 21.0 Å². The van der Waals surface area contributed by atoms with Gasteiger partial charge >= 0.3 is 0 Å². The number of aromatic nitrogens is 1. The van der Waals surface area contributed by atoms with Crippen LogP contribution in [0.15, 0.2) is 65.6 Å². The molecule has 3 heteroatoms. The molecule has 0 saturated carbocycles. The molecule has 22 heavy (non-hydrogen) atoms. The Hall–Kier alpha value is -1.77. The number of aryl methyl sites for hydroxylation is 1. The quantitative estimate of drug-likeness (QED) is 0.540. The average molecular weight is 326 g/mol. The van der Waals surface area contributed by atoms with Crippen molar-refractivity contribution in [3.05, 3.63) is 71.2 Å². The van der Waals surface area contributed by atoms with Crippen LogP contribution in [0.5, 0.6) is 0 Å². The van der Waals surface area contributed by atoms with E-state index >= 15 is 0 Å². The number of hydrogen-bond donors (Lipinski definition) is 0. The van der Waals surface area contributed by atoms with Gasteiger partial charge in [-0.2, -0.15) is 0 Å². The summed E-state index contributed by atoms with van der Waals surface area (Å²) in [6, 6.07) is 20.5. The zero-order valence-corrected chi connectivity index (χ0v) is 14.1. The summed E-state index contributed by atoms with van der Waals surface area (Å²) < 4.78 is 0. The first-order valence-corrected chi connectivity index (χ1v) is 8.65. The van der Waals surface area contributed by atoms with Crippen LogP contribution in [-0.4, -0.2) is 11.2 Å². The maximum atomic E-state index is 6.11. The molecular formula is C19H16ClNS. The first-order chi connectivity index (χ1) is 10.7. The van der Waals surface area contributed by atoms with Gasteiger partial charge in [-0.3, -0.25) is 0 Å². The van der Waals surface area contributed by atoms with Crippen molar-refractivity contribution in [3.8, 4) is 22.5 Å². The van der Waals surface area contributed by atoms with Crippen LogP contribution in [0.25, 0.3) is 22.5 Å². The molecule has 0 aliphatic rings.